The molecule has 2 heterocycles. The van der Waals surface area contributed by atoms with Gasteiger partial charge in [0, 0.05) is 30.2 Å². The summed E-state index contributed by atoms with van der Waals surface area (Å²) in [6.45, 7) is -0.145. The molecule has 1 atom stereocenters. The van der Waals surface area contributed by atoms with Gasteiger partial charge in [0.05, 0.1) is 28.1 Å². The van der Waals surface area contributed by atoms with Crippen LogP contribution >= 0.6 is 22.6 Å². The molecular formula is C17H15F2IN4O. The Balaban J connectivity index is 1.99. The first-order valence-electron chi connectivity index (χ1n) is 7.69. The van der Waals surface area contributed by atoms with E-state index >= 15 is 0 Å². The highest BCUT2D eigenvalue weighted by Gasteiger charge is 2.41. The summed E-state index contributed by atoms with van der Waals surface area (Å²) in [6, 6.07) is 8.18. The molecule has 1 fully saturated rings. The van der Waals surface area contributed by atoms with Crippen molar-refractivity contribution in [3.8, 4) is 6.07 Å². The first-order chi connectivity index (χ1) is 11.9. The molecule has 0 radical (unpaired) electrons. The van der Waals surface area contributed by atoms with Crippen molar-refractivity contribution in [1.82, 2.24) is 10.3 Å². The van der Waals surface area contributed by atoms with Crippen molar-refractivity contribution in [1.29, 1.82) is 5.26 Å². The zero-order valence-electron chi connectivity index (χ0n) is 13.2. The van der Waals surface area contributed by atoms with Crippen LogP contribution in [0, 0.1) is 11.3 Å². The molecule has 1 aliphatic rings. The van der Waals surface area contributed by atoms with E-state index in [1.54, 1.807) is 35.4 Å². The highest BCUT2D eigenvalue weighted by Crippen LogP contribution is 2.34. The number of carbonyl (C=O) groups excluding carboxylic acids is 1. The van der Waals surface area contributed by atoms with Gasteiger partial charge in [-0.05, 0) is 24.3 Å². The molecular weight excluding hydrogens is 441 g/mol. The van der Waals surface area contributed by atoms with Crippen LogP contribution in [0.15, 0.2) is 30.5 Å². The lowest BCUT2D eigenvalue weighted by molar-refractivity contribution is -0.119. The topological polar surface area (TPSA) is 69.0 Å². The molecule has 25 heavy (non-hydrogen) atoms. The predicted molar refractivity (Wildman–Crippen MR) is 99.1 cm³/mol. The summed E-state index contributed by atoms with van der Waals surface area (Å²) in [7, 11) is 0. The average Bonchev–Trinajstić information content (AvgIpc) is 2.59. The number of nitrogens with one attached hydrogen (secondary N) is 1. The Labute approximate surface area is 157 Å². The van der Waals surface area contributed by atoms with Crippen molar-refractivity contribution in [3.63, 3.8) is 0 Å². The van der Waals surface area contributed by atoms with Crippen LogP contribution in [0.2, 0.25) is 0 Å². The quantitative estimate of drug-likeness (QED) is 0.570. The van der Waals surface area contributed by atoms with Crippen LogP contribution < -0.4 is 10.2 Å². The van der Waals surface area contributed by atoms with Gasteiger partial charge in [0.25, 0.3) is 5.92 Å². The molecule has 130 valence electrons. The van der Waals surface area contributed by atoms with Gasteiger partial charge in [-0.1, -0.05) is 22.6 Å². The number of carbonyl (C=O) groups is 1. The van der Waals surface area contributed by atoms with E-state index in [4.69, 9.17) is 0 Å². The number of hydrogen-bond acceptors (Lipinski definition) is 4. The molecule has 0 unspecified atom stereocenters. The number of benzene rings is 1. The van der Waals surface area contributed by atoms with Crippen molar-refractivity contribution in [3.05, 3.63) is 36.0 Å². The normalized spacial score (nSPS) is 19.4. The number of rotatable bonds is 3. The number of anilines is 1. The SMILES string of the molecule is N#Cc1ccc(N2C[C@@H](NC(=O)CI)CC(F)(F)C2)c2cccnc12. The lowest BCUT2D eigenvalue weighted by Crippen LogP contribution is -2.55. The molecule has 0 spiro atoms. The van der Waals surface area contributed by atoms with E-state index in [1.807, 2.05) is 22.6 Å². The van der Waals surface area contributed by atoms with Gasteiger partial charge in [0.15, 0.2) is 0 Å². The largest absolute Gasteiger partial charge is 0.363 e. The summed E-state index contributed by atoms with van der Waals surface area (Å²) in [6.07, 6.45) is 1.19. The maximum absolute atomic E-state index is 14.2. The van der Waals surface area contributed by atoms with Gasteiger partial charge in [0.1, 0.15) is 6.07 Å². The van der Waals surface area contributed by atoms with E-state index in [-0.39, 0.29) is 23.3 Å². The maximum atomic E-state index is 14.2. The van der Waals surface area contributed by atoms with Crippen LogP contribution in [-0.4, -0.2) is 40.4 Å². The fraction of sp³-hybridized carbons (Fsp3) is 0.353. The third-order valence-electron chi connectivity index (χ3n) is 4.10. The zero-order valence-corrected chi connectivity index (χ0v) is 15.3. The molecule has 1 saturated heterocycles. The van der Waals surface area contributed by atoms with E-state index in [1.165, 1.54) is 0 Å². The number of alkyl halides is 3. The van der Waals surface area contributed by atoms with Crippen LogP contribution in [0.4, 0.5) is 14.5 Å². The van der Waals surface area contributed by atoms with Gasteiger partial charge >= 0.3 is 0 Å². The number of hydrogen-bond donors (Lipinski definition) is 1. The van der Waals surface area contributed by atoms with Crippen LogP contribution in [0.1, 0.15) is 12.0 Å². The molecule has 8 heteroatoms. The molecule has 0 saturated carbocycles. The van der Waals surface area contributed by atoms with E-state index in [2.05, 4.69) is 16.4 Å². The Morgan fingerprint density at radius 1 is 1.48 bits per heavy atom. The lowest BCUT2D eigenvalue weighted by atomic mass is 9.99. The van der Waals surface area contributed by atoms with Gasteiger partial charge in [-0.3, -0.25) is 9.78 Å². The average molecular weight is 456 g/mol. The number of aromatic nitrogens is 1. The Morgan fingerprint density at radius 2 is 2.28 bits per heavy atom. The molecule has 2 aromatic rings. The Hall–Kier alpha value is -2.02. The van der Waals surface area contributed by atoms with E-state index in [0.29, 0.717) is 22.2 Å². The first kappa shape index (κ1) is 17.8. The van der Waals surface area contributed by atoms with Crippen LogP contribution in [0.5, 0.6) is 0 Å². The summed E-state index contributed by atoms with van der Waals surface area (Å²) < 4.78 is 28.7. The van der Waals surface area contributed by atoms with Crippen molar-refractivity contribution >= 4 is 45.1 Å². The second-order valence-corrected chi connectivity index (χ2v) is 6.75. The fourth-order valence-electron chi connectivity index (χ4n) is 3.17. The maximum Gasteiger partial charge on any atom is 0.267 e. The number of amides is 1. The summed E-state index contributed by atoms with van der Waals surface area (Å²) in [4.78, 5) is 17.4. The smallest absolute Gasteiger partial charge is 0.267 e. The number of piperidine rings is 1. The Morgan fingerprint density at radius 3 is 3.00 bits per heavy atom. The molecule has 5 nitrogen and oxygen atoms in total. The number of fused-ring (bicyclic) bond motifs is 1. The number of pyridine rings is 1. The molecule has 0 bridgehead atoms. The van der Waals surface area contributed by atoms with Crippen LogP contribution in [0.25, 0.3) is 10.9 Å². The molecule has 1 N–H and O–H groups in total. The predicted octanol–water partition coefficient (Wildman–Crippen LogP) is 2.87. The second kappa shape index (κ2) is 7.07. The summed E-state index contributed by atoms with van der Waals surface area (Å²) >= 11 is 1.90. The Kier molecular flexibility index (Phi) is 5.03. The third-order valence-corrected chi connectivity index (χ3v) is 4.80. The van der Waals surface area contributed by atoms with Gasteiger partial charge in [-0.15, -0.1) is 0 Å². The van der Waals surface area contributed by atoms with Crippen molar-refractivity contribution in [2.45, 2.75) is 18.4 Å². The highest BCUT2D eigenvalue weighted by molar-refractivity contribution is 14.1. The van der Waals surface area contributed by atoms with Gasteiger partial charge in [-0.2, -0.15) is 5.26 Å². The molecule has 1 aromatic heterocycles. The highest BCUT2D eigenvalue weighted by atomic mass is 127. The monoisotopic (exact) mass is 456 g/mol. The molecule has 0 aliphatic carbocycles. The minimum absolute atomic E-state index is 0.226. The third kappa shape index (κ3) is 3.81. The first-order valence-corrected chi connectivity index (χ1v) is 9.22. The minimum atomic E-state index is -2.91. The van der Waals surface area contributed by atoms with Crippen LogP contribution in [0.3, 0.4) is 0 Å². The number of halogens is 3. The summed E-state index contributed by atoms with van der Waals surface area (Å²) in [5, 5.41) is 12.5. The van der Waals surface area contributed by atoms with E-state index in [9.17, 15) is 18.8 Å². The van der Waals surface area contributed by atoms with E-state index < -0.39 is 18.5 Å². The minimum Gasteiger partial charge on any atom is -0.363 e. The molecule has 1 aromatic carbocycles. The van der Waals surface area contributed by atoms with Crippen LogP contribution in [-0.2, 0) is 4.79 Å². The van der Waals surface area contributed by atoms with Crippen molar-refractivity contribution in [2.75, 3.05) is 22.4 Å². The van der Waals surface area contributed by atoms with E-state index in [0.717, 1.165) is 0 Å². The number of nitrogens with zero attached hydrogens (tertiary/aromatic N) is 3. The summed E-state index contributed by atoms with van der Waals surface area (Å²) in [5.41, 5.74) is 1.48. The van der Waals surface area contributed by atoms with Gasteiger partial charge in [0.2, 0.25) is 5.91 Å². The lowest BCUT2D eigenvalue weighted by Gasteiger charge is -2.39. The molecule has 3 rings (SSSR count). The molecule has 1 aliphatic heterocycles. The van der Waals surface area contributed by atoms with Gasteiger partial charge < -0.3 is 10.2 Å². The molecule has 1 amide bonds. The van der Waals surface area contributed by atoms with Crippen molar-refractivity contribution in [2.24, 2.45) is 0 Å². The fourth-order valence-corrected chi connectivity index (χ4v) is 3.39. The Bertz CT molecular complexity index is 852. The number of nitriles is 1. The standard InChI is InChI=1S/C17H15F2IN4O/c18-17(19)6-12(23-15(25)7-20)9-24(10-17)14-4-3-11(8-21)16-13(14)2-1-5-22-16/h1-5,12H,6-7,9-10H2,(H,23,25)/t12-/m0/s1. The zero-order chi connectivity index (χ0) is 18.0. The van der Waals surface area contributed by atoms with Crippen molar-refractivity contribution < 1.29 is 13.6 Å². The van der Waals surface area contributed by atoms with Gasteiger partial charge in [-0.25, -0.2) is 8.78 Å². The second-order valence-electron chi connectivity index (χ2n) is 5.98. The summed E-state index contributed by atoms with van der Waals surface area (Å²) in [5.74, 6) is -3.17.